The highest BCUT2D eigenvalue weighted by Crippen LogP contribution is 2.17. The molecule has 0 rings (SSSR count). The van der Waals surface area contributed by atoms with Crippen molar-refractivity contribution in [2.75, 3.05) is 6.54 Å². The van der Waals surface area contributed by atoms with Crippen molar-refractivity contribution in [2.24, 2.45) is 11.7 Å². The van der Waals surface area contributed by atoms with E-state index in [2.05, 4.69) is 6.92 Å². The number of rotatable bonds is 16. The van der Waals surface area contributed by atoms with E-state index >= 15 is 0 Å². The van der Waals surface area contributed by atoms with Crippen LogP contribution in [0.3, 0.4) is 0 Å². The third kappa shape index (κ3) is 13.0. The topological polar surface area (TPSA) is 60.2 Å². The zero-order valence-corrected chi connectivity index (χ0v) is 14.9. The molecule has 130 valence electrons. The van der Waals surface area contributed by atoms with Gasteiger partial charge in [0.15, 0.2) is 0 Å². The second-order valence-corrected chi connectivity index (χ2v) is 6.56. The minimum absolute atomic E-state index is 0.0758. The monoisotopic (exact) mass is 311 g/mol. The number of carbonyl (C=O) groups is 2. The third-order valence-corrected chi connectivity index (χ3v) is 4.36. The zero-order chi connectivity index (χ0) is 16.6. The van der Waals surface area contributed by atoms with E-state index in [1.807, 2.05) is 0 Å². The Labute approximate surface area is 137 Å². The first-order chi connectivity index (χ1) is 10.6. The molecular formula is C19H37NO2. The average molecular weight is 312 g/mol. The smallest absolute Gasteiger partial charge is 0.133 e. The van der Waals surface area contributed by atoms with Crippen molar-refractivity contribution in [3.05, 3.63) is 0 Å². The van der Waals surface area contributed by atoms with Crippen LogP contribution >= 0.6 is 0 Å². The molecule has 0 aliphatic rings. The highest BCUT2D eigenvalue weighted by molar-refractivity contribution is 5.86. The molecule has 2 N–H and O–H groups in total. The molecule has 1 unspecified atom stereocenters. The first kappa shape index (κ1) is 21.3. The molecule has 0 fully saturated rings. The van der Waals surface area contributed by atoms with Gasteiger partial charge in [-0.15, -0.1) is 0 Å². The van der Waals surface area contributed by atoms with Crippen molar-refractivity contribution in [1.82, 2.24) is 0 Å². The minimum atomic E-state index is -0.0758. The fourth-order valence-electron chi connectivity index (χ4n) is 2.82. The Morgan fingerprint density at radius 2 is 1.45 bits per heavy atom. The summed E-state index contributed by atoms with van der Waals surface area (Å²) in [6.45, 7) is 4.50. The van der Waals surface area contributed by atoms with Crippen LogP contribution < -0.4 is 5.73 Å². The van der Waals surface area contributed by atoms with Crippen LogP contribution in [0, 0.1) is 5.92 Å². The fourth-order valence-corrected chi connectivity index (χ4v) is 2.82. The Hall–Kier alpha value is -0.700. The van der Waals surface area contributed by atoms with E-state index in [-0.39, 0.29) is 17.5 Å². The van der Waals surface area contributed by atoms with Crippen molar-refractivity contribution in [3.63, 3.8) is 0 Å². The summed E-state index contributed by atoms with van der Waals surface area (Å²) in [7, 11) is 0. The van der Waals surface area contributed by atoms with E-state index in [0.717, 1.165) is 32.1 Å². The van der Waals surface area contributed by atoms with Crippen LogP contribution in [0.25, 0.3) is 0 Å². The summed E-state index contributed by atoms with van der Waals surface area (Å²) in [6.07, 6.45) is 13.8. The molecule has 0 aliphatic carbocycles. The maximum Gasteiger partial charge on any atom is 0.133 e. The standard InChI is InChI=1S/C19H37NO2/c1-3-4-5-6-7-8-9-10-14-19(22)16-18(17(2)21)13-11-12-15-20/h18H,3-16,20H2,1-2H3. The first-order valence-corrected chi connectivity index (χ1v) is 9.34. The predicted octanol–water partition coefficient (Wildman–Crippen LogP) is 4.81. The lowest BCUT2D eigenvalue weighted by atomic mass is 9.91. The summed E-state index contributed by atoms with van der Waals surface area (Å²) in [6, 6.07) is 0. The maximum atomic E-state index is 12.0. The number of unbranched alkanes of at least 4 members (excludes halogenated alkanes) is 8. The SMILES string of the molecule is CCCCCCCCCCC(=O)CC(CCCCN)C(C)=O. The molecule has 3 heteroatoms. The molecule has 1 atom stereocenters. The van der Waals surface area contributed by atoms with Crippen LogP contribution in [0.2, 0.25) is 0 Å². The molecule has 0 aromatic carbocycles. The lowest BCUT2D eigenvalue weighted by Gasteiger charge is -2.12. The van der Waals surface area contributed by atoms with Gasteiger partial charge in [-0.2, -0.15) is 0 Å². The molecule has 0 amide bonds. The average Bonchev–Trinajstić information content (AvgIpc) is 2.49. The van der Waals surface area contributed by atoms with E-state index in [4.69, 9.17) is 5.73 Å². The summed E-state index contributed by atoms with van der Waals surface area (Å²) in [5.74, 6) is 0.341. The van der Waals surface area contributed by atoms with Gasteiger partial charge < -0.3 is 5.73 Å². The van der Waals surface area contributed by atoms with Crippen LogP contribution in [-0.4, -0.2) is 18.1 Å². The van der Waals surface area contributed by atoms with Crippen molar-refractivity contribution < 1.29 is 9.59 Å². The van der Waals surface area contributed by atoms with Gasteiger partial charge in [0.2, 0.25) is 0 Å². The lowest BCUT2D eigenvalue weighted by Crippen LogP contribution is -2.16. The van der Waals surface area contributed by atoms with Gasteiger partial charge >= 0.3 is 0 Å². The van der Waals surface area contributed by atoms with Crippen LogP contribution in [-0.2, 0) is 9.59 Å². The van der Waals surface area contributed by atoms with Gasteiger partial charge in [-0.25, -0.2) is 0 Å². The largest absolute Gasteiger partial charge is 0.330 e. The number of Topliss-reactive ketones (excluding diaryl/α,β-unsaturated/α-hetero) is 2. The van der Waals surface area contributed by atoms with Gasteiger partial charge in [0.05, 0.1) is 0 Å². The quantitative estimate of drug-likeness (QED) is 0.416. The Bertz CT molecular complexity index is 289. The highest BCUT2D eigenvalue weighted by Gasteiger charge is 2.17. The van der Waals surface area contributed by atoms with Gasteiger partial charge in [-0.1, -0.05) is 58.3 Å². The second-order valence-electron chi connectivity index (χ2n) is 6.56. The van der Waals surface area contributed by atoms with Crippen LogP contribution in [0.5, 0.6) is 0 Å². The second kappa shape index (κ2) is 15.2. The number of nitrogens with two attached hydrogens (primary N) is 1. The summed E-state index contributed by atoms with van der Waals surface area (Å²) in [5.41, 5.74) is 5.47. The molecule has 3 nitrogen and oxygen atoms in total. The first-order valence-electron chi connectivity index (χ1n) is 9.34. The molecule has 0 aromatic rings. The molecular weight excluding hydrogens is 274 g/mol. The van der Waals surface area contributed by atoms with Crippen LogP contribution in [0.15, 0.2) is 0 Å². The number of carbonyl (C=O) groups excluding carboxylic acids is 2. The van der Waals surface area contributed by atoms with Crippen molar-refractivity contribution >= 4 is 11.6 Å². The van der Waals surface area contributed by atoms with E-state index in [1.54, 1.807) is 6.92 Å². The Balaban J connectivity index is 3.66. The maximum absolute atomic E-state index is 12.0. The predicted molar refractivity (Wildman–Crippen MR) is 93.9 cm³/mol. The summed E-state index contributed by atoms with van der Waals surface area (Å²) in [5, 5.41) is 0. The Kier molecular flexibility index (Phi) is 14.7. The van der Waals surface area contributed by atoms with Gasteiger partial charge in [-0.3, -0.25) is 9.59 Å². The number of ketones is 2. The van der Waals surface area contributed by atoms with Crippen LogP contribution in [0.4, 0.5) is 0 Å². The normalized spacial score (nSPS) is 12.3. The lowest BCUT2D eigenvalue weighted by molar-refractivity contribution is -0.127. The Morgan fingerprint density at radius 1 is 0.864 bits per heavy atom. The fraction of sp³-hybridized carbons (Fsp3) is 0.895. The van der Waals surface area contributed by atoms with Crippen molar-refractivity contribution in [2.45, 2.75) is 97.3 Å². The molecule has 0 heterocycles. The van der Waals surface area contributed by atoms with E-state index in [9.17, 15) is 9.59 Å². The number of hydrogen-bond donors (Lipinski definition) is 1. The zero-order valence-electron chi connectivity index (χ0n) is 14.9. The molecule has 0 aliphatic heterocycles. The van der Waals surface area contributed by atoms with Crippen molar-refractivity contribution in [1.29, 1.82) is 0 Å². The summed E-state index contributed by atoms with van der Waals surface area (Å²) in [4.78, 5) is 23.6. The van der Waals surface area contributed by atoms with Crippen LogP contribution in [0.1, 0.15) is 97.3 Å². The highest BCUT2D eigenvalue weighted by atomic mass is 16.1. The van der Waals surface area contributed by atoms with Gasteiger partial charge in [-0.05, 0) is 32.7 Å². The molecule has 0 radical (unpaired) electrons. The molecule has 0 aromatic heterocycles. The van der Waals surface area contributed by atoms with E-state index in [0.29, 0.717) is 19.4 Å². The molecule has 0 saturated carbocycles. The van der Waals surface area contributed by atoms with E-state index < -0.39 is 0 Å². The van der Waals surface area contributed by atoms with E-state index in [1.165, 1.54) is 38.5 Å². The summed E-state index contributed by atoms with van der Waals surface area (Å²) < 4.78 is 0. The Morgan fingerprint density at radius 3 is 2.00 bits per heavy atom. The van der Waals surface area contributed by atoms with Gasteiger partial charge in [0.25, 0.3) is 0 Å². The molecule has 22 heavy (non-hydrogen) atoms. The molecule has 0 bridgehead atoms. The van der Waals surface area contributed by atoms with Crippen molar-refractivity contribution in [3.8, 4) is 0 Å². The number of hydrogen-bond acceptors (Lipinski definition) is 3. The summed E-state index contributed by atoms with van der Waals surface area (Å²) >= 11 is 0. The van der Waals surface area contributed by atoms with Gasteiger partial charge in [0.1, 0.15) is 11.6 Å². The van der Waals surface area contributed by atoms with Gasteiger partial charge in [0, 0.05) is 18.8 Å². The third-order valence-electron chi connectivity index (χ3n) is 4.36. The molecule has 0 saturated heterocycles. The minimum Gasteiger partial charge on any atom is -0.330 e. The molecule has 0 spiro atoms.